The van der Waals surface area contributed by atoms with Gasteiger partial charge >= 0.3 is 0 Å². The quantitative estimate of drug-likeness (QED) is 0.793. The first-order chi connectivity index (χ1) is 12.1. The molecule has 1 aromatic carbocycles. The highest BCUT2D eigenvalue weighted by Crippen LogP contribution is 2.26. The van der Waals surface area contributed by atoms with Gasteiger partial charge in [0.05, 0.1) is 11.6 Å². The van der Waals surface area contributed by atoms with E-state index in [1.54, 1.807) is 17.2 Å². The minimum atomic E-state index is 0.0710. The van der Waals surface area contributed by atoms with E-state index in [1.165, 1.54) is 0 Å². The van der Waals surface area contributed by atoms with Crippen LogP contribution in [0.5, 0.6) is 0 Å². The average Bonchev–Trinajstić information content (AvgIpc) is 3.22. The zero-order valence-corrected chi connectivity index (χ0v) is 14.3. The number of hydrogen-bond acceptors (Lipinski definition) is 5. The molecule has 1 atom stereocenters. The SMILES string of the molecule is C[C@@H](Nc1ncnc2c1cnn2C)c1ccc(N2CCCC2=O)cc1. The van der Waals surface area contributed by atoms with Crippen LogP contribution in [0.1, 0.15) is 31.4 Å². The van der Waals surface area contributed by atoms with Crippen LogP contribution in [0.2, 0.25) is 0 Å². The molecular weight excluding hydrogens is 316 g/mol. The molecule has 0 saturated carbocycles. The largest absolute Gasteiger partial charge is 0.363 e. The molecule has 2 aromatic heterocycles. The Kier molecular flexibility index (Phi) is 3.83. The van der Waals surface area contributed by atoms with Crippen LogP contribution in [0, 0.1) is 0 Å². The summed E-state index contributed by atoms with van der Waals surface area (Å²) < 4.78 is 1.73. The first-order valence-electron chi connectivity index (χ1n) is 8.43. The number of hydrogen-bond donors (Lipinski definition) is 1. The lowest BCUT2D eigenvalue weighted by Crippen LogP contribution is -2.23. The highest BCUT2D eigenvalue weighted by Gasteiger charge is 2.21. The Hall–Kier alpha value is -2.96. The molecule has 1 amide bonds. The van der Waals surface area contributed by atoms with Gasteiger partial charge in [0.15, 0.2) is 5.65 Å². The Morgan fingerprint density at radius 1 is 1.20 bits per heavy atom. The molecule has 1 saturated heterocycles. The molecule has 0 aliphatic carbocycles. The summed E-state index contributed by atoms with van der Waals surface area (Å²) in [5.41, 5.74) is 2.90. The molecule has 25 heavy (non-hydrogen) atoms. The van der Waals surface area contributed by atoms with Crippen molar-refractivity contribution < 1.29 is 4.79 Å². The molecule has 4 rings (SSSR count). The van der Waals surface area contributed by atoms with Crippen molar-refractivity contribution in [2.75, 3.05) is 16.8 Å². The van der Waals surface area contributed by atoms with Crippen LogP contribution in [0.25, 0.3) is 11.0 Å². The lowest BCUT2D eigenvalue weighted by atomic mass is 10.1. The van der Waals surface area contributed by atoms with Gasteiger partial charge in [0, 0.05) is 31.7 Å². The second kappa shape index (κ2) is 6.16. The number of nitrogens with zero attached hydrogens (tertiary/aromatic N) is 5. The van der Waals surface area contributed by atoms with E-state index in [-0.39, 0.29) is 11.9 Å². The number of rotatable bonds is 4. The lowest BCUT2D eigenvalue weighted by Gasteiger charge is -2.19. The van der Waals surface area contributed by atoms with Crippen LogP contribution in [0.3, 0.4) is 0 Å². The second-order valence-corrected chi connectivity index (χ2v) is 6.33. The van der Waals surface area contributed by atoms with Crippen LogP contribution in [-0.2, 0) is 11.8 Å². The van der Waals surface area contributed by atoms with Gasteiger partial charge in [0.1, 0.15) is 12.1 Å². The van der Waals surface area contributed by atoms with Gasteiger partial charge in [-0.3, -0.25) is 9.48 Å². The van der Waals surface area contributed by atoms with E-state index in [2.05, 4.69) is 39.4 Å². The minimum absolute atomic E-state index is 0.0710. The summed E-state index contributed by atoms with van der Waals surface area (Å²) in [6, 6.07) is 8.20. The fourth-order valence-electron chi connectivity index (χ4n) is 3.23. The lowest BCUT2D eigenvalue weighted by molar-refractivity contribution is -0.117. The number of benzene rings is 1. The van der Waals surface area contributed by atoms with Crippen molar-refractivity contribution in [3.8, 4) is 0 Å². The molecule has 0 radical (unpaired) electrons. The summed E-state index contributed by atoms with van der Waals surface area (Å²) in [5, 5.41) is 8.56. The Bertz CT molecular complexity index is 917. The molecule has 1 fully saturated rings. The predicted octanol–water partition coefficient (Wildman–Crippen LogP) is 2.66. The standard InChI is InChI=1S/C18H20N6O/c1-12(22-17-15-10-21-23(2)18(15)20-11-19-17)13-5-7-14(8-6-13)24-9-3-4-16(24)25/h5-8,10-12H,3-4,9H2,1-2H3,(H,19,20,22)/t12-/m1/s1. The number of anilines is 2. The van der Waals surface area contributed by atoms with Gasteiger partial charge in [-0.15, -0.1) is 0 Å². The number of aryl methyl sites for hydroxylation is 1. The smallest absolute Gasteiger partial charge is 0.227 e. The summed E-state index contributed by atoms with van der Waals surface area (Å²) in [5.74, 6) is 0.975. The summed E-state index contributed by atoms with van der Waals surface area (Å²) in [6.45, 7) is 2.90. The Morgan fingerprint density at radius 2 is 2.00 bits per heavy atom. The first-order valence-corrected chi connectivity index (χ1v) is 8.43. The molecule has 0 spiro atoms. The van der Waals surface area contributed by atoms with Crippen molar-refractivity contribution >= 4 is 28.4 Å². The van der Waals surface area contributed by atoms with Gasteiger partial charge in [0.2, 0.25) is 5.91 Å². The van der Waals surface area contributed by atoms with Crippen molar-refractivity contribution in [3.05, 3.63) is 42.4 Å². The van der Waals surface area contributed by atoms with Crippen LogP contribution < -0.4 is 10.2 Å². The van der Waals surface area contributed by atoms with Crippen molar-refractivity contribution in [3.63, 3.8) is 0 Å². The number of nitrogens with one attached hydrogen (secondary N) is 1. The number of carbonyl (C=O) groups excluding carboxylic acids is 1. The summed E-state index contributed by atoms with van der Waals surface area (Å²) in [7, 11) is 1.86. The molecule has 0 unspecified atom stereocenters. The zero-order chi connectivity index (χ0) is 17.4. The molecule has 3 aromatic rings. The van der Waals surface area contributed by atoms with Crippen LogP contribution in [0.4, 0.5) is 11.5 Å². The number of fused-ring (bicyclic) bond motifs is 1. The third-order valence-electron chi connectivity index (χ3n) is 4.66. The molecule has 1 aliphatic heterocycles. The van der Waals surface area contributed by atoms with Gasteiger partial charge in [-0.05, 0) is 31.0 Å². The first kappa shape index (κ1) is 15.6. The molecule has 7 heteroatoms. The van der Waals surface area contributed by atoms with Gasteiger partial charge < -0.3 is 10.2 Å². The van der Waals surface area contributed by atoms with Crippen LogP contribution in [-0.4, -0.2) is 32.2 Å². The molecule has 7 nitrogen and oxygen atoms in total. The van der Waals surface area contributed by atoms with Crippen LogP contribution >= 0.6 is 0 Å². The Balaban J connectivity index is 1.54. The van der Waals surface area contributed by atoms with Gasteiger partial charge in [-0.1, -0.05) is 12.1 Å². The van der Waals surface area contributed by atoms with Crippen molar-refractivity contribution in [2.45, 2.75) is 25.8 Å². The third kappa shape index (κ3) is 2.82. The zero-order valence-electron chi connectivity index (χ0n) is 14.3. The molecule has 1 aliphatic rings. The second-order valence-electron chi connectivity index (χ2n) is 6.33. The van der Waals surface area contributed by atoms with Crippen molar-refractivity contribution in [1.29, 1.82) is 0 Å². The van der Waals surface area contributed by atoms with E-state index in [4.69, 9.17) is 0 Å². The van der Waals surface area contributed by atoms with Gasteiger partial charge in [0.25, 0.3) is 0 Å². The molecular formula is C18H20N6O. The fourth-order valence-corrected chi connectivity index (χ4v) is 3.23. The maximum atomic E-state index is 11.9. The summed E-state index contributed by atoms with van der Waals surface area (Å²) >= 11 is 0. The van der Waals surface area contributed by atoms with E-state index in [9.17, 15) is 4.79 Å². The maximum absolute atomic E-state index is 11.9. The summed E-state index contributed by atoms with van der Waals surface area (Å²) in [4.78, 5) is 22.3. The Labute approximate surface area is 145 Å². The topological polar surface area (TPSA) is 75.9 Å². The third-order valence-corrected chi connectivity index (χ3v) is 4.66. The number of carbonyl (C=O) groups is 1. The van der Waals surface area contributed by atoms with Crippen LogP contribution in [0.15, 0.2) is 36.8 Å². The van der Waals surface area contributed by atoms with E-state index in [0.717, 1.165) is 41.1 Å². The maximum Gasteiger partial charge on any atom is 0.227 e. The molecule has 0 bridgehead atoms. The fraction of sp³-hybridized carbons (Fsp3) is 0.333. The minimum Gasteiger partial charge on any atom is -0.363 e. The number of aromatic nitrogens is 4. The van der Waals surface area contributed by atoms with Crippen molar-refractivity contribution in [2.24, 2.45) is 7.05 Å². The monoisotopic (exact) mass is 336 g/mol. The molecule has 1 N–H and O–H groups in total. The van der Waals surface area contributed by atoms with E-state index in [1.807, 2.05) is 24.1 Å². The predicted molar refractivity (Wildman–Crippen MR) is 96.4 cm³/mol. The highest BCUT2D eigenvalue weighted by atomic mass is 16.2. The van der Waals surface area contributed by atoms with Gasteiger partial charge in [-0.25, -0.2) is 9.97 Å². The summed E-state index contributed by atoms with van der Waals surface area (Å²) in [6.07, 6.45) is 4.90. The van der Waals surface area contributed by atoms with E-state index in [0.29, 0.717) is 6.42 Å². The Morgan fingerprint density at radius 3 is 2.72 bits per heavy atom. The highest BCUT2D eigenvalue weighted by molar-refractivity contribution is 5.95. The average molecular weight is 336 g/mol. The molecule has 128 valence electrons. The van der Waals surface area contributed by atoms with Gasteiger partial charge in [-0.2, -0.15) is 5.10 Å². The molecule has 3 heterocycles. The van der Waals surface area contributed by atoms with Crippen molar-refractivity contribution in [1.82, 2.24) is 19.7 Å². The normalized spacial score (nSPS) is 15.8. The van der Waals surface area contributed by atoms with E-state index >= 15 is 0 Å². The van der Waals surface area contributed by atoms with E-state index < -0.39 is 0 Å². The number of amides is 1.